The van der Waals surface area contributed by atoms with Crippen LogP contribution in [0.2, 0.25) is 0 Å². The standard InChI is InChI=1S/C18H23N3O3S/c1-12(2)17-10-16(18(22)19-14-6-4-5-13(3)9-14)20-21(17)15-7-8-25(23,24)11-15/h4-6,9-10,12,15H,7-8,11H2,1-3H3,(H,19,22). The van der Waals surface area contributed by atoms with Crippen molar-refractivity contribution in [1.29, 1.82) is 0 Å². The van der Waals surface area contributed by atoms with E-state index in [4.69, 9.17) is 0 Å². The molecule has 1 aliphatic rings. The zero-order chi connectivity index (χ0) is 18.2. The van der Waals surface area contributed by atoms with Gasteiger partial charge in [-0.1, -0.05) is 26.0 Å². The van der Waals surface area contributed by atoms with Crippen LogP contribution < -0.4 is 5.32 Å². The van der Waals surface area contributed by atoms with Crippen LogP contribution in [0.25, 0.3) is 0 Å². The molecule has 134 valence electrons. The Kier molecular flexibility index (Phi) is 4.69. The Morgan fingerprint density at radius 2 is 2.08 bits per heavy atom. The lowest BCUT2D eigenvalue weighted by Gasteiger charge is -2.15. The second-order valence-corrected chi connectivity index (χ2v) is 9.16. The number of carbonyl (C=O) groups excluding carboxylic acids is 1. The number of benzene rings is 1. The minimum Gasteiger partial charge on any atom is -0.321 e. The molecule has 1 unspecified atom stereocenters. The molecule has 1 aromatic heterocycles. The molecule has 25 heavy (non-hydrogen) atoms. The highest BCUT2D eigenvalue weighted by atomic mass is 32.2. The SMILES string of the molecule is Cc1cccc(NC(=O)c2cc(C(C)C)n(C3CCS(=O)(=O)C3)n2)c1. The molecule has 3 rings (SSSR count). The molecule has 2 aromatic rings. The summed E-state index contributed by atoms with van der Waals surface area (Å²) in [6.45, 7) is 5.99. The lowest BCUT2D eigenvalue weighted by atomic mass is 10.1. The van der Waals surface area contributed by atoms with Crippen LogP contribution in [0.3, 0.4) is 0 Å². The van der Waals surface area contributed by atoms with Gasteiger partial charge in [-0.05, 0) is 43.0 Å². The van der Waals surface area contributed by atoms with Gasteiger partial charge in [0.15, 0.2) is 15.5 Å². The van der Waals surface area contributed by atoms with E-state index in [0.717, 1.165) is 11.3 Å². The smallest absolute Gasteiger partial charge is 0.276 e. The highest BCUT2D eigenvalue weighted by Crippen LogP contribution is 2.28. The van der Waals surface area contributed by atoms with Crippen molar-refractivity contribution in [2.24, 2.45) is 0 Å². The Morgan fingerprint density at radius 1 is 1.32 bits per heavy atom. The third-order valence-corrected chi connectivity index (χ3v) is 6.17. The molecule has 0 radical (unpaired) electrons. The number of sulfone groups is 1. The number of hydrogen-bond acceptors (Lipinski definition) is 4. The van der Waals surface area contributed by atoms with E-state index < -0.39 is 9.84 Å². The van der Waals surface area contributed by atoms with Crippen molar-refractivity contribution < 1.29 is 13.2 Å². The molecule has 1 fully saturated rings. The Hall–Kier alpha value is -2.15. The number of anilines is 1. The van der Waals surface area contributed by atoms with Gasteiger partial charge < -0.3 is 5.32 Å². The van der Waals surface area contributed by atoms with Crippen LogP contribution >= 0.6 is 0 Å². The fourth-order valence-electron chi connectivity index (χ4n) is 3.13. The van der Waals surface area contributed by atoms with Crippen molar-refractivity contribution in [2.75, 3.05) is 16.8 Å². The van der Waals surface area contributed by atoms with Gasteiger partial charge in [-0.15, -0.1) is 0 Å². The Labute approximate surface area is 148 Å². The van der Waals surface area contributed by atoms with Crippen molar-refractivity contribution in [1.82, 2.24) is 9.78 Å². The third-order valence-electron chi connectivity index (χ3n) is 4.42. The number of rotatable bonds is 4. The Morgan fingerprint density at radius 3 is 2.68 bits per heavy atom. The molecule has 7 heteroatoms. The van der Waals surface area contributed by atoms with Crippen LogP contribution in [0.4, 0.5) is 5.69 Å². The normalized spacial score (nSPS) is 19.3. The molecular formula is C18H23N3O3S. The number of aromatic nitrogens is 2. The molecule has 0 saturated carbocycles. The van der Waals surface area contributed by atoms with E-state index in [1.165, 1.54) is 0 Å². The molecular weight excluding hydrogens is 338 g/mol. The maximum atomic E-state index is 12.6. The van der Waals surface area contributed by atoms with Gasteiger partial charge in [0, 0.05) is 11.4 Å². The number of carbonyl (C=O) groups is 1. The van der Waals surface area contributed by atoms with E-state index in [9.17, 15) is 13.2 Å². The number of aryl methyl sites for hydroxylation is 1. The van der Waals surface area contributed by atoms with Crippen molar-refractivity contribution in [3.8, 4) is 0 Å². The highest BCUT2D eigenvalue weighted by Gasteiger charge is 2.32. The third kappa shape index (κ3) is 3.92. The van der Waals surface area contributed by atoms with Gasteiger partial charge in [0.2, 0.25) is 0 Å². The molecule has 0 spiro atoms. The van der Waals surface area contributed by atoms with Gasteiger partial charge >= 0.3 is 0 Å². The summed E-state index contributed by atoms with van der Waals surface area (Å²) in [4.78, 5) is 12.6. The molecule has 1 amide bonds. The first kappa shape index (κ1) is 17.7. The van der Waals surface area contributed by atoms with Gasteiger partial charge in [0.25, 0.3) is 5.91 Å². The summed E-state index contributed by atoms with van der Waals surface area (Å²) in [6.07, 6.45) is 0.544. The van der Waals surface area contributed by atoms with Crippen LogP contribution in [-0.2, 0) is 9.84 Å². The predicted molar refractivity (Wildman–Crippen MR) is 97.8 cm³/mol. The zero-order valence-corrected chi connectivity index (χ0v) is 15.5. The van der Waals surface area contributed by atoms with E-state index in [2.05, 4.69) is 10.4 Å². The molecule has 1 atom stereocenters. The number of nitrogens with zero attached hydrogens (tertiary/aromatic N) is 2. The van der Waals surface area contributed by atoms with Gasteiger partial charge in [-0.3, -0.25) is 9.48 Å². The minimum atomic E-state index is -3.01. The van der Waals surface area contributed by atoms with Crippen LogP contribution in [0, 0.1) is 6.92 Å². The van der Waals surface area contributed by atoms with Crippen molar-refractivity contribution in [3.05, 3.63) is 47.3 Å². The van der Waals surface area contributed by atoms with Crippen LogP contribution in [0.5, 0.6) is 0 Å². The predicted octanol–water partition coefficient (Wildman–Crippen LogP) is 2.93. The fraction of sp³-hybridized carbons (Fsp3) is 0.444. The molecule has 1 N–H and O–H groups in total. The van der Waals surface area contributed by atoms with E-state index in [1.807, 2.05) is 45.0 Å². The first-order valence-electron chi connectivity index (χ1n) is 8.43. The van der Waals surface area contributed by atoms with Gasteiger partial charge in [0.05, 0.1) is 17.5 Å². The summed E-state index contributed by atoms with van der Waals surface area (Å²) < 4.78 is 25.3. The maximum Gasteiger partial charge on any atom is 0.276 e. The molecule has 6 nitrogen and oxygen atoms in total. The van der Waals surface area contributed by atoms with Crippen LogP contribution in [0.15, 0.2) is 30.3 Å². The summed E-state index contributed by atoms with van der Waals surface area (Å²) in [7, 11) is -3.01. The lowest BCUT2D eigenvalue weighted by molar-refractivity contribution is 0.102. The second kappa shape index (κ2) is 6.63. The average Bonchev–Trinajstić information content (AvgIpc) is 3.10. The molecule has 0 bridgehead atoms. The van der Waals surface area contributed by atoms with Crippen molar-refractivity contribution >= 4 is 21.4 Å². The van der Waals surface area contributed by atoms with Crippen molar-refractivity contribution in [3.63, 3.8) is 0 Å². The lowest BCUT2D eigenvalue weighted by Crippen LogP contribution is -2.17. The van der Waals surface area contributed by atoms with Crippen LogP contribution in [0.1, 0.15) is 54.0 Å². The fourth-order valence-corrected chi connectivity index (χ4v) is 4.82. The average molecular weight is 361 g/mol. The second-order valence-electron chi connectivity index (χ2n) is 6.93. The van der Waals surface area contributed by atoms with Gasteiger partial charge in [-0.25, -0.2) is 8.42 Å². The van der Waals surface area contributed by atoms with E-state index in [0.29, 0.717) is 17.8 Å². The molecule has 1 aliphatic heterocycles. The summed E-state index contributed by atoms with van der Waals surface area (Å²) in [5.74, 6) is 0.135. The molecule has 1 saturated heterocycles. The zero-order valence-electron chi connectivity index (χ0n) is 14.7. The number of hydrogen-bond donors (Lipinski definition) is 1. The quantitative estimate of drug-likeness (QED) is 0.908. The van der Waals surface area contributed by atoms with E-state index in [-0.39, 0.29) is 29.4 Å². The minimum absolute atomic E-state index is 0.0906. The van der Waals surface area contributed by atoms with E-state index in [1.54, 1.807) is 10.7 Å². The summed E-state index contributed by atoms with van der Waals surface area (Å²) in [5, 5.41) is 7.29. The Balaban J connectivity index is 1.87. The largest absolute Gasteiger partial charge is 0.321 e. The summed E-state index contributed by atoms with van der Waals surface area (Å²) in [5.41, 5.74) is 2.97. The number of nitrogens with one attached hydrogen (secondary N) is 1. The summed E-state index contributed by atoms with van der Waals surface area (Å²) in [6, 6.07) is 9.13. The topological polar surface area (TPSA) is 81.1 Å². The number of amides is 1. The first-order valence-corrected chi connectivity index (χ1v) is 10.3. The molecule has 2 heterocycles. The molecule has 1 aromatic carbocycles. The summed E-state index contributed by atoms with van der Waals surface area (Å²) >= 11 is 0. The molecule has 0 aliphatic carbocycles. The monoisotopic (exact) mass is 361 g/mol. The highest BCUT2D eigenvalue weighted by molar-refractivity contribution is 7.91. The van der Waals surface area contributed by atoms with Gasteiger partial charge in [0.1, 0.15) is 0 Å². The van der Waals surface area contributed by atoms with Crippen LogP contribution in [-0.4, -0.2) is 35.6 Å². The first-order chi connectivity index (χ1) is 11.7. The maximum absolute atomic E-state index is 12.6. The Bertz CT molecular complexity index is 900. The van der Waals surface area contributed by atoms with Gasteiger partial charge in [-0.2, -0.15) is 5.10 Å². The van der Waals surface area contributed by atoms with E-state index >= 15 is 0 Å². The van der Waals surface area contributed by atoms with Crippen molar-refractivity contribution in [2.45, 2.75) is 39.2 Å².